The van der Waals surface area contributed by atoms with E-state index in [4.69, 9.17) is 4.74 Å². The third-order valence-electron chi connectivity index (χ3n) is 3.97. The average molecular weight is 346 g/mol. The van der Waals surface area contributed by atoms with Gasteiger partial charge >= 0.3 is 5.69 Å². The molecule has 2 aromatic heterocycles. The Labute approximate surface area is 142 Å². The van der Waals surface area contributed by atoms with Gasteiger partial charge in [0, 0.05) is 19.7 Å². The summed E-state index contributed by atoms with van der Waals surface area (Å²) in [4.78, 5) is 30.0. The summed E-state index contributed by atoms with van der Waals surface area (Å²) in [6, 6.07) is 5.30. The fourth-order valence-electron chi connectivity index (χ4n) is 2.82. The number of hydrogen-bond acceptors (Lipinski definition) is 4. The summed E-state index contributed by atoms with van der Waals surface area (Å²) >= 11 is 0. The summed E-state index contributed by atoms with van der Waals surface area (Å²) in [5, 5.41) is 0. The van der Waals surface area contributed by atoms with E-state index in [0.29, 0.717) is 18.8 Å². The number of benzene rings is 1. The third-order valence-corrected chi connectivity index (χ3v) is 3.97. The van der Waals surface area contributed by atoms with Crippen LogP contribution >= 0.6 is 0 Å². The maximum atomic E-state index is 13.7. The quantitative estimate of drug-likeness (QED) is 0.705. The van der Waals surface area contributed by atoms with Crippen molar-refractivity contribution in [3.05, 3.63) is 57.2 Å². The minimum absolute atomic E-state index is 0.202. The van der Waals surface area contributed by atoms with Gasteiger partial charge in [-0.1, -0.05) is 6.07 Å². The molecule has 0 atom stereocenters. The van der Waals surface area contributed by atoms with Gasteiger partial charge in [0.2, 0.25) is 0 Å². The van der Waals surface area contributed by atoms with Crippen molar-refractivity contribution in [2.45, 2.75) is 26.4 Å². The first-order valence-corrected chi connectivity index (χ1v) is 7.93. The highest BCUT2D eigenvalue weighted by Crippen LogP contribution is 2.15. The summed E-state index contributed by atoms with van der Waals surface area (Å²) < 4.78 is 22.8. The molecule has 0 spiro atoms. The molecule has 3 rings (SSSR count). The Morgan fingerprint density at radius 3 is 2.68 bits per heavy atom. The number of aromatic nitrogens is 4. The van der Waals surface area contributed by atoms with Crippen LogP contribution in [0.3, 0.4) is 0 Å². The number of hydrogen-bond donors (Lipinski definition) is 0. The van der Waals surface area contributed by atoms with Crippen molar-refractivity contribution in [1.29, 1.82) is 0 Å². The third kappa shape index (κ3) is 2.89. The molecule has 0 aliphatic heterocycles. The van der Waals surface area contributed by atoms with Crippen LogP contribution in [0, 0.1) is 5.82 Å². The Morgan fingerprint density at radius 2 is 2.04 bits per heavy atom. The Kier molecular flexibility index (Phi) is 4.54. The van der Waals surface area contributed by atoms with E-state index in [1.54, 1.807) is 31.6 Å². The van der Waals surface area contributed by atoms with Crippen LogP contribution in [0.2, 0.25) is 0 Å². The maximum Gasteiger partial charge on any atom is 0.337 e. The number of methoxy groups -OCH3 is 1. The fraction of sp³-hybridized carbons (Fsp3) is 0.353. The summed E-state index contributed by atoms with van der Waals surface area (Å²) in [6.45, 7) is 4.31. The molecule has 132 valence electrons. The average Bonchev–Trinajstić information content (AvgIpc) is 2.96. The Hall–Kier alpha value is -2.74. The lowest BCUT2D eigenvalue weighted by molar-refractivity contribution is 0.188. The first-order valence-electron chi connectivity index (χ1n) is 7.93. The van der Waals surface area contributed by atoms with E-state index < -0.39 is 17.1 Å². The fourth-order valence-corrected chi connectivity index (χ4v) is 2.82. The SMILES string of the molecule is COCCn1cnc2c1c(=O)n(C(C)C)c(=O)n2-c1cccc(F)c1. The maximum absolute atomic E-state index is 13.7. The van der Waals surface area contributed by atoms with Crippen LogP contribution in [-0.4, -0.2) is 32.4 Å². The van der Waals surface area contributed by atoms with Crippen LogP contribution in [0.1, 0.15) is 19.9 Å². The molecule has 0 fully saturated rings. The lowest BCUT2D eigenvalue weighted by atomic mass is 10.3. The van der Waals surface area contributed by atoms with Crippen molar-refractivity contribution in [2.75, 3.05) is 13.7 Å². The smallest absolute Gasteiger partial charge is 0.337 e. The van der Waals surface area contributed by atoms with Gasteiger partial charge in [-0.25, -0.2) is 18.7 Å². The Morgan fingerprint density at radius 1 is 1.28 bits per heavy atom. The number of ether oxygens (including phenoxy) is 1. The highest BCUT2D eigenvalue weighted by molar-refractivity contribution is 5.72. The second kappa shape index (κ2) is 6.64. The number of imidazole rings is 1. The lowest BCUT2D eigenvalue weighted by Gasteiger charge is -2.14. The molecule has 8 heteroatoms. The molecule has 2 heterocycles. The van der Waals surface area contributed by atoms with Crippen molar-refractivity contribution in [1.82, 2.24) is 18.7 Å². The number of fused-ring (bicyclic) bond motifs is 1. The molecule has 7 nitrogen and oxygen atoms in total. The second-order valence-electron chi connectivity index (χ2n) is 5.97. The second-order valence-corrected chi connectivity index (χ2v) is 5.97. The zero-order valence-electron chi connectivity index (χ0n) is 14.3. The first-order chi connectivity index (χ1) is 12.0. The summed E-state index contributed by atoms with van der Waals surface area (Å²) in [5.74, 6) is -0.473. The van der Waals surface area contributed by atoms with Crippen LogP contribution in [0.15, 0.2) is 40.2 Å². The molecule has 25 heavy (non-hydrogen) atoms. The Balaban J connectivity index is 2.42. The number of rotatable bonds is 5. The van der Waals surface area contributed by atoms with Crippen LogP contribution < -0.4 is 11.2 Å². The van der Waals surface area contributed by atoms with Gasteiger partial charge in [-0.15, -0.1) is 0 Å². The van der Waals surface area contributed by atoms with Gasteiger partial charge in [-0.3, -0.25) is 9.36 Å². The van der Waals surface area contributed by atoms with E-state index in [1.807, 2.05) is 0 Å². The molecule has 0 radical (unpaired) electrons. The molecule has 0 N–H and O–H groups in total. The van der Waals surface area contributed by atoms with Crippen LogP contribution in [0.4, 0.5) is 4.39 Å². The van der Waals surface area contributed by atoms with Crippen molar-refractivity contribution in [2.24, 2.45) is 0 Å². The van der Waals surface area contributed by atoms with Gasteiger partial charge in [-0.2, -0.15) is 0 Å². The summed E-state index contributed by atoms with van der Waals surface area (Å²) in [5.41, 5.74) is -0.157. The lowest BCUT2D eigenvalue weighted by Crippen LogP contribution is -2.41. The standard InChI is InChI=1S/C17H19FN4O3/c1-11(2)21-16(23)14-15(19-10-20(14)7-8-25-3)22(17(21)24)13-6-4-5-12(18)9-13/h4-6,9-11H,7-8H2,1-3H3. The highest BCUT2D eigenvalue weighted by atomic mass is 19.1. The van der Waals surface area contributed by atoms with Gasteiger partial charge in [0.1, 0.15) is 5.82 Å². The van der Waals surface area contributed by atoms with E-state index >= 15 is 0 Å². The molecule has 0 saturated carbocycles. The van der Waals surface area contributed by atoms with Crippen LogP contribution in [0.25, 0.3) is 16.9 Å². The summed E-state index contributed by atoms with van der Waals surface area (Å²) in [7, 11) is 1.56. The first kappa shape index (κ1) is 17.1. The number of halogens is 1. The van der Waals surface area contributed by atoms with Gasteiger partial charge in [0.05, 0.1) is 18.6 Å². The van der Waals surface area contributed by atoms with Crippen molar-refractivity contribution >= 4 is 11.2 Å². The summed E-state index contributed by atoms with van der Waals surface area (Å²) in [6.07, 6.45) is 1.49. The van der Waals surface area contributed by atoms with Gasteiger partial charge in [0.25, 0.3) is 5.56 Å². The van der Waals surface area contributed by atoms with Gasteiger partial charge in [-0.05, 0) is 32.0 Å². The van der Waals surface area contributed by atoms with E-state index in [9.17, 15) is 14.0 Å². The molecule has 0 unspecified atom stereocenters. The van der Waals surface area contributed by atoms with Gasteiger partial charge in [0.15, 0.2) is 11.2 Å². The minimum atomic E-state index is -0.546. The van der Waals surface area contributed by atoms with E-state index in [0.717, 1.165) is 4.57 Å². The molecule has 0 aliphatic rings. The normalized spacial score (nSPS) is 11.6. The van der Waals surface area contributed by atoms with Crippen LogP contribution in [-0.2, 0) is 11.3 Å². The van der Waals surface area contributed by atoms with Crippen molar-refractivity contribution in [3.8, 4) is 5.69 Å². The molecule has 0 bridgehead atoms. The monoisotopic (exact) mass is 346 g/mol. The molecule has 0 aliphatic carbocycles. The predicted octanol–water partition coefficient (Wildman–Crippen LogP) is 1.72. The highest BCUT2D eigenvalue weighted by Gasteiger charge is 2.20. The van der Waals surface area contributed by atoms with Crippen molar-refractivity contribution in [3.63, 3.8) is 0 Å². The molecular weight excluding hydrogens is 327 g/mol. The molecule has 1 aromatic carbocycles. The zero-order valence-corrected chi connectivity index (χ0v) is 14.3. The molecule has 3 aromatic rings. The van der Waals surface area contributed by atoms with Crippen LogP contribution in [0.5, 0.6) is 0 Å². The molecule has 0 amide bonds. The predicted molar refractivity (Wildman–Crippen MR) is 91.8 cm³/mol. The van der Waals surface area contributed by atoms with E-state index in [-0.39, 0.29) is 17.2 Å². The Bertz CT molecular complexity index is 1030. The van der Waals surface area contributed by atoms with Gasteiger partial charge < -0.3 is 9.30 Å². The number of nitrogens with zero attached hydrogens (tertiary/aromatic N) is 4. The molecule has 0 saturated heterocycles. The molecular formula is C17H19FN4O3. The van der Waals surface area contributed by atoms with E-state index in [2.05, 4.69) is 4.98 Å². The van der Waals surface area contributed by atoms with E-state index in [1.165, 1.54) is 29.1 Å². The minimum Gasteiger partial charge on any atom is -0.383 e. The largest absolute Gasteiger partial charge is 0.383 e. The topological polar surface area (TPSA) is 71.1 Å². The zero-order chi connectivity index (χ0) is 18.1. The van der Waals surface area contributed by atoms with Crippen molar-refractivity contribution < 1.29 is 9.13 Å².